The first kappa shape index (κ1) is 12.0. The molecule has 0 rings (SSSR count). The molecule has 1 atom stereocenters. The Bertz CT molecular complexity index is 191. The summed E-state index contributed by atoms with van der Waals surface area (Å²) >= 11 is 0. The molecule has 0 aromatic carbocycles. The van der Waals surface area contributed by atoms with E-state index in [4.69, 9.17) is 6.42 Å². The molecule has 0 saturated heterocycles. The van der Waals surface area contributed by atoms with Crippen molar-refractivity contribution in [2.24, 2.45) is 5.92 Å². The standard InChI is InChI=1S/C11H19NO/c1-5-6-10(4)12-11(13)8-7-9(2)3/h1,9-10H,6-8H2,2-4H3,(H,12,13). The highest BCUT2D eigenvalue weighted by Crippen LogP contribution is 2.03. The lowest BCUT2D eigenvalue weighted by Crippen LogP contribution is -2.32. The van der Waals surface area contributed by atoms with Crippen LogP contribution in [0.3, 0.4) is 0 Å². The average Bonchev–Trinajstić information content (AvgIpc) is 2.01. The van der Waals surface area contributed by atoms with E-state index in [9.17, 15) is 4.79 Å². The normalized spacial score (nSPS) is 12.2. The second kappa shape index (κ2) is 6.54. The molecule has 0 aliphatic rings. The highest BCUT2D eigenvalue weighted by atomic mass is 16.1. The van der Waals surface area contributed by atoms with Crippen molar-refractivity contribution in [1.29, 1.82) is 0 Å². The number of hydrogen-bond donors (Lipinski definition) is 1. The Hall–Kier alpha value is -0.970. The predicted octanol–water partition coefficient (Wildman–Crippen LogP) is 1.95. The molecule has 0 radical (unpaired) electrons. The monoisotopic (exact) mass is 181 g/mol. The Morgan fingerprint density at radius 2 is 2.08 bits per heavy atom. The zero-order chi connectivity index (χ0) is 10.3. The maximum absolute atomic E-state index is 11.3. The maximum atomic E-state index is 11.3. The van der Waals surface area contributed by atoms with E-state index in [0.717, 1.165) is 6.42 Å². The van der Waals surface area contributed by atoms with E-state index < -0.39 is 0 Å². The van der Waals surface area contributed by atoms with E-state index in [2.05, 4.69) is 25.1 Å². The van der Waals surface area contributed by atoms with Gasteiger partial charge in [-0.2, -0.15) is 0 Å². The van der Waals surface area contributed by atoms with Gasteiger partial charge in [-0.15, -0.1) is 12.3 Å². The van der Waals surface area contributed by atoms with Crippen LogP contribution in [0.25, 0.3) is 0 Å². The fourth-order valence-corrected chi connectivity index (χ4v) is 0.995. The van der Waals surface area contributed by atoms with Crippen LogP contribution in [0, 0.1) is 18.3 Å². The Morgan fingerprint density at radius 3 is 2.54 bits per heavy atom. The van der Waals surface area contributed by atoms with Crippen molar-refractivity contribution >= 4 is 5.91 Å². The van der Waals surface area contributed by atoms with E-state index >= 15 is 0 Å². The molecule has 0 saturated carbocycles. The molecule has 2 heteroatoms. The molecule has 74 valence electrons. The largest absolute Gasteiger partial charge is 0.353 e. The van der Waals surface area contributed by atoms with Gasteiger partial charge in [-0.05, 0) is 19.3 Å². The van der Waals surface area contributed by atoms with Gasteiger partial charge in [-0.25, -0.2) is 0 Å². The summed E-state index contributed by atoms with van der Waals surface area (Å²) in [6, 6.07) is 0.102. The van der Waals surface area contributed by atoms with E-state index in [1.165, 1.54) is 0 Å². The highest BCUT2D eigenvalue weighted by molar-refractivity contribution is 5.76. The molecular formula is C11H19NO. The Balaban J connectivity index is 3.57. The van der Waals surface area contributed by atoms with Crippen LogP contribution in [0.4, 0.5) is 0 Å². The summed E-state index contributed by atoms with van der Waals surface area (Å²) in [5.74, 6) is 3.21. The van der Waals surface area contributed by atoms with Crippen molar-refractivity contribution in [3.63, 3.8) is 0 Å². The number of terminal acetylenes is 1. The molecule has 0 aromatic rings. The fraction of sp³-hybridized carbons (Fsp3) is 0.727. The topological polar surface area (TPSA) is 29.1 Å². The number of rotatable bonds is 5. The minimum absolute atomic E-state index is 0.102. The zero-order valence-corrected chi connectivity index (χ0v) is 8.76. The molecule has 1 amide bonds. The van der Waals surface area contributed by atoms with E-state index in [1.807, 2.05) is 6.92 Å². The molecule has 13 heavy (non-hydrogen) atoms. The van der Waals surface area contributed by atoms with Crippen molar-refractivity contribution < 1.29 is 4.79 Å². The van der Waals surface area contributed by atoms with Gasteiger partial charge in [0.15, 0.2) is 0 Å². The molecule has 1 unspecified atom stereocenters. The predicted molar refractivity (Wildman–Crippen MR) is 55.1 cm³/mol. The van der Waals surface area contributed by atoms with Gasteiger partial charge in [0.2, 0.25) is 5.91 Å². The molecule has 1 N–H and O–H groups in total. The SMILES string of the molecule is C#CCC(C)NC(=O)CCC(C)C. The number of hydrogen-bond acceptors (Lipinski definition) is 1. The number of amides is 1. The summed E-state index contributed by atoms with van der Waals surface area (Å²) in [5, 5.41) is 2.85. The molecule has 0 fully saturated rings. The van der Waals surface area contributed by atoms with Crippen molar-refractivity contribution in [3.8, 4) is 12.3 Å². The van der Waals surface area contributed by atoms with E-state index in [0.29, 0.717) is 18.8 Å². The molecule has 0 bridgehead atoms. The van der Waals surface area contributed by atoms with Crippen LogP contribution < -0.4 is 5.32 Å². The van der Waals surface area contributed by atoms with Crippen molar-refractivity contribution in [2.45, 2.75) is 46.1 Å². The fourth-order valence-electron chi connectivity index (χ4n) is 0.995. The molecule has 0 aliphatic heterocycles. The third-order valence-electron chi connectivity index (χ3n) is 1.78. The summed E-state index contributed by atoms with van der Waals surface area (Å²) in [6.07, 6.45) is 7.27. The van der Waals surface area contributed by atoms with Crippen molar-refractivity contribution in [1.82, 2.24) is 5.32 Å². The minimum Gasteiger partial charge on any atom is -0.353 e. The first-order chi connectivity index (χ1) is 6.06. The van der Waals surface area contributed by atoms with Crippen LogP contribution in [0.1, 0.15) is 40.0 Å². The van der Waals surface area contributed by atoms with Crippen LogP contribution in [0.2, 0.25) is 0 Å². The zero-order valence-electron chi connectivity index (χ0n) is 8.76. The minimum atomic E-state index is 0.102. The van der Waals surface area contributed by atoms with E-state index in [-0.39, 0.29) is 11.9 Å². The quantitative estimate of drug-likeness (QED) is 0.645. The van der Waals surface area contributed by atoms with Crippen molar-refractivity contribution in [3.05, 3.63) is 0 Å². The van der Waals surface area contributed by atoms with Crippen LogP contribution in [0.5, 0.6) is 0 Å². The Morgan fingerprint density at radius 1 is 1.46 bits per heavy atom. The van der Waals surface area contributed by atoms with Gasteiger partial charge in [0.25, 0.3) is 0 Å². The van der Waals surface area contributed by atoms with Gasteiger partial charge < -0.3 is 5.32 Å². The first-order valence-electron chi connectivity index (χ1n) is 4.79. The lowest BCUT2D eigenvalue weighted by atomic mass is 10.1. The number of nitrogens with one attached hydrogen (secondary N) is 1. The van der Waals surface area contributed by atoms with Crippen LogP contribution in [-0.2, 0) is 4.79 Å². The van der Waals surface area contributed by atoms with E-state index in [1.54, 1.807) is 0 Å². The molecular weight excluding hydrogens is 162 g/mol. The summed E-state index contributed by atoms with van der Waals surface area (Å²) in [4.78, 5) is 11.3. The number of carbonyl (C=O) groups is 1. The van der Waals surface area contributed by atoms with Crippen LogP contribution >= 0.6 is 0 Å². The molecule has 0 aliphatic carbocycles. The van der Waals surface area contributed by atoms with Gasteiger partial charge in [-0.1, -0.05) is 13.8 Å². The lowest BCUT2D eigenvalue weighted by molar-refractivity contribution is -0.121. The van der Waals surface area contributed by atoms with Gasteiger partial charge in [0, 0.05) is 18.9 Å². The number of carbonyl (C=O) groups excluding carboxylic acids is 1. The summed E-state index contributed by atoms with van der Waals surface area (Å²) in [6.45, 7) is 6.14. The Labute approximate surface area is 81.1 Å². The molecule has 0 spiro atoms. The van der Waals surface area contributed by atoms with Gasteiger partial charge in [0.05, 0.1) is 0 Å². The first-order valence-corrected chi connectivity index (χ1v) is 4.79. The van der Waals surface area contributed by atoms with Gasteiger partial charge in [-0.3, -0.25) is 4.79 Å². The lowest BCUT2D eigenvalue weighted by Gasteiger charge is -2.11. The van der Waals surface area contributed by atoms with Crippen molar-refractivity contribution in [2.75, 3.05) is 0 Å². The maximum Gasteiger partial charge on any atom is 0.220 e. The third-order valence-corrected chi connectivity index (χ3v) is 1.78. The third kappa shape index (κ3) is 7.39. The summed E-state index contributed by atoms with van der Waals surface area (Å²) < 4.78 is 0. The van der Waals surface area contributed by atoms with Crippen LogP contribution in [-0.4, -0.2) is 11.9 Å². The average molecular weight is 181 g/mol. The second-order valence-electron chi connectivity index (χ2n) is 3.81. The molecule has 2 nitrogen and oxygen atoms in total. The summed E-state index contributed by atoms with van der Waals surface area (Å²) in [5.41, 5.74) is 0. The second-order valence-corrected chi connectivity index (χ2v) is 3.81. The molecule has 0 heterocycles. The highest BCUT2D eigenvalue weighted by Gasteiger charge is 2.06. The van der Waals surface area contributed by atoms with Gasteiger partial charge in [0.1, 0.15) is 0 Å². The van der Waals surface area contributed by atoms with Crippen LogP contribution in [0.15, 0.2) is 0 Å². The smallest absolute Gasteiger partial charge is 0.220 e. The Kier molecular flexibility index (Phi) is 6.05. The molecule has 0 aromatic heterocycles. The van der Waals surface area contributed by atoms with Gasteiger partial charge >= 0.3 is 0 Å². The summed E-state index contributed by atoms with van der Waals surface area (Å²) in [7, 11) is 0.